The molecule has 0 fully saturated rings. The fourth-order valence-electron chi connectivity index (χ4n) is 2.06. The molecule has 112 valence electrons. The minimum absolute atomic E-state index is 0.217. The molecule has 0 aliphatic rings. The summed E-state index contributed by atoms with van der Waals surface area (Å²) in [4.78, 5) is 0. The van der Waals surface area contributed by atoms with E-state index in [4.69, 9.17) is 5.84 Å². The summed E-state index contributed by atoms with van der Waals surface area (Å²) in [6, 6.07) is 4.35. The topological polar surface area (TPSA) is 38.0 Å². The Morgan fingerprint density at radius 2 is 1.52 bits per heavy atom. The Morgan fingerprint density at radius 1 is 1.00 bits per heavy atom. The fourth-order valence-corrected chi connectivity index (χ4v) is 2.46. The standard InChI is InChI=1S/C14H11BrF4N2/c15-7-4-11(18)14(12(19)5-7)13(21-20)6-8-9(16)2-1-3-10(8)17/h1-5,13,21H,6,20H2. The summed E-state index contributed by atoms with van der Waals surface area (Å²) in [5, 5.41) is 0. The minimum Gasteiger partial charge on any atom is -0.271 e. The molecular formula is C14H11BrF4N2. The first-order chi connectivity index (χ1) is 9.93. The molecule has 3 N–H and O–H groups in total. The van der Waals surface area contributed by atoms with E-state index in [0.717, 1.165) is 24.3 Å². The highest BCUT2D eigenvalue weighted by atomic mass is 79.9. The SMILES string of the molecule is NNC(Cc1c(F)cccc1F)c1c(F)cc(Br)cc1F. The predicted octanol–water partition coefficient (Wildman–Crippen LogP) is 3.75. The predicted molar refractivity (Wildman–Crippen MR) is 74.2 cm³/mol. The second-order valence-electron chi connectivity index (χ2n) is 4.41. The van der Waals surface area contributed by atoms with Gasteiger partial charge in [0.15, 0.2) is 0 Å². The van der Waals surface area contributed by atoms with Gasteiger partial charge in [0, 0.05) is 15.6 Å². The third kappa shape index (κ3) is 3.42. The van der Waals surface area contributed by atoms with Gasteiger partial charge in [0.05, 0.1) is 6.04 Å². The Hall–Kier alpha value is -1.44. The molecule has 0 aliphatic heterocycles. The molecule has 1 atom stereocenters. The first-order valence-electron chi connectivity index (χ1n) is 5.97. The Balaban J connectivity index is 2.42. The summed E-state index contributed by atoms with van der Waals surface area (Å²) >= 11 is 2.96. The van der Waals surface area contributed by atoms with Crippen molar-refractivity contribution in [1.82, 2.24) is 5.43 Å². The highest BCUT2D eigenvalue weighted by molar-refractivity contribution is 9.10. The van der Waals surface area contributed by atoms with Gasteiger partial charge in [0.2, 0.25) is 0 Å². The number of rotatable bonds is 4. The lowest BCUT2D eigenvalue weighted by atomic mass is 9.97. The number of halogens is 5. The maximum absolute atomic E-state index is 13.9. The number of nitrogens with two attached hydrogens (primary N) is 1. The molecule has 0 saturated carbocycles. The van der Waals surface area contributed by atoms with Crippen molar-refractivity contribution in [2.24, 2.45) is 5.84 Å². The highest BCUT2D eigenvalue weighted by Crippen LogP contribution is 2.28. The molecule has 21 heavy (non-hydrogen) atoms. The smallest absolute Gasteiger partial charge is 0.132 e. The van der Waals surface area contributed by atoms with Crippen molar-refractivity contribution >= 4 is 15.9 Å². The molecule has 0 amide bonds. The average molecular weight is 363 g/mol. The molecule has 2 aromatic carbocycles. The van der Waals surface area contributed by atoms with Gasteiger partial charge in [-0.05, 0) is 30.7 Å². The van der Waals surface area contributed by atoms with Crippen LogP contribution in [0.15, 0.2) is 34.8 Å². The van der Waals surface area contributed by atoms with Gasteiger partial charge in [0.25, 0.3) is 0 Å². The molecule has 2 nitrogen and oxygen atoms in total. The van der Waals surface area contributed by atoms with Crippen LogP contribution >= 0.6 is 15.9 Å². The molecule has 0 aromatic heterocycles. The number of hydrogen-bond donors (Lipinski definition) is 2. The molecule has 1 unspecified atom stereocenters. The molecular weight excluding hydrogens is 352 g/mol. The summed E-state index contributed by atoms with van der Waals surface area (Å²) in [5.41, 5.74) is 1.53. The van der Waals surface area contributed by atoms with E-state index in [9.17, 15) is 17.6 Å². The number of nitrogens with one attached hydrogen (secondary N) is 1. The van der Waals surface area contributed by atoms with Gasteiger partial charge >= 0.3 is 0 Å². The van der Waals surface area contributed by atoms with E-state index in [1.165, 1.54) is 6.07 Å². The van der Waals surface area contributed by atoms with E-state index >= 15 is 0 Å². The van der Waals surface area contributed by atoms with Crippen LogP contribution in [0.3, 0.4) is 0 Å². The first-order valence-corrected chi connectivity index (χ1v) is 6.76. The summed E-state index contributed by atoms with van der Waals surface area (Å²) in [6.07, 6.45) is -0.329. The van der Waals surface area contributed by atoms with E-state index in [-0.39, 0.29) is 22.0 Å². The molecule has 2 aromatic rings. The normalized spacial score (nSPS) is 12.5. The minimum atomic E-state index is -1.11. The maximum atomic E-state index is 13.9. The van der Waals surface area contributed by atoms with Crippen molar-refractivity contribution in [3.8, 4) is 0 Å². The van der Waals surface area contributed by atoms with Gasteiger partial charge in [-0.1, -0.05) is 22.0 Å². The lowest BCUT2D eigenvalue weighted by Gasteiger charge is -2.19. The van der Waals surface area contributed by atoms with Crippen LogP contribution in [0.4, 0.5) is 17.6 Å². The molecule has 2 rings (SSSR count). The fraction of sp³-hybridized carbons (Fsp3) is 0.143. The molecule has 0 heterocycles. The third-order valence-corrected chi connectivity index (χ3v) is 3.52. The van der Waals surface area contributed by atoms with Crippen LogP contribution in [-0.2, 0) is 6.42 Å². The van der Waals surface area contributed by atoms with Crippen LogP contribution in [0.25, 0.3) is 0 Å². The zero-order valence-corrected chi connectivity index (χ0v) is 12.2. The van der Waals surface area contributed by atoms with Crippen molar-refractivity contribution in [2.75, 3.05) is 0 Å². The Labute approximate surface area is 127 Å². The van der Waals surface area contributed by atoms with E-state index in [2.05, 4.69) is 21.4 Å². The largest absolute Gasteiger partial charge is 0.271 e. The van der Waals surface area contributed by atoms with E-state index in [1.54, 1.807) is 0 Å². The Bertz CT molecular complexity index is 620. The number of hydrazine groups is 1. The quantitative estimate of drug-likeness (QED) is 0.493. The summed E-state index contributed by atoms with van der Waals surface area (Å²) < 4.78 is 55.3. The van der Waals surface area contributed by atoms with E-state index < -0.39 is 29.3 Å². The van der Waals surface area contributed by atoms with Crippen LogP contribution < -0.4 is 11.3 Å². The second kappa shape index (κ2) is 6.55. The van der Waals surface area contributed by atoms with Crippen molar-refractivity contribution in [3.05, 3.63) is 69.2 Å². The molecule has 0 radical (unpaired) electrons. The summed E-state index contributed by atoms with van der Waals surface area (Å²) in [7, 11) is 0. The van der Waals surface area contributed by atoms with Gasteiger partial charge in [-0.25, -0.2) is 17.6 Å². The van der Waals surface area contributed by atoms with Crippen LogP contribution in [0.5, 0.6) is 0 Å². The lowest BCUT2D eigenvalue weighted by molar-refractivity contribution is 0.455. The van der Waals surface area contributed by atoms with E-state index in [1.807, 2.05) is 0 Å². The number of benzene rings is 2. The molecule has 0 saturated heterocycles. The van der Waals surface area contributed by atoms with Gasteiger partial charge < -0.3 is 0 Å². The zero-order chi connectivity index (χ0) is 15.6. The second-order valence-corrected chi connectivity index (χ2v) is 5.32. The lowest BCUT2D eigenvalue weighted by Crippen LogP contribution is -2.31. The maximum Gasteiger partial charge on any atom is 0.132 e. The zero-order valence-electron chi connectivity index (χ0n) is 10.6. The summed E-state index contributed by atoms with van der Waals surface area (Å²) in [6.45, 7) is 0. The van der Waals surface area contributed by atoms with Crippen LogP contribution in [-0.4, -0.2) is 0 Å². The number of hydrogen-bond acceptors (Lipinski definition) is 2. The average Bonchev–Trinajstić information content (AvgIpc) is 2.39. The van der Waals surface area contributed by atoms with Gasteiger partial charge in [0.1, 0.15) is 23.3 Å². The monoisotopic (exact) mass is 362 g/mol. The summed E-state index contributed by atoms with van der Waals surface area (Å²) in [5.74, 6) is 1.97. The van der Waals surface area contributed by atoms with Gasteiger partial charge in [-0.15, -0.1) is 0 Å². The van der Waals surface area contributed by atoms with E-state index in [0.29, 0.717) is 0 Å². The van der Waals surface area contributed by atoms with Crippen molar-refractivity contribution in [1.29, 1.82) is 0 Å². The Morgan fingerprint density at radius 3 is 2.00 bits per heavy atom. The Kier molecular flexibility index (Phi) is 4.97. The van der Waals surface area contributed by atoms with Crippen LogP contribution in [0.1, 0.15) is 17.2 Å². The van der Waals surface area contributed by atoms with Crippen LogP contribution in [0, 0.1) is 23.3 Å². The highest BCUT2D eigenvalue weighted by Gasteiger charge is 2.23. The van der Waals surface area contributed by atoms with Crippen molar-refractivity contribution in [2.45, 2.75) is 12.5 Å². The van der Waals surface area contributed by atoms with Crippen molar-refractivity contribution < 1.29 is 17.6 Å². The van der Waals surface area contributed by atoms with Crippen molar-refractivity contribution in [3.63, 3.8) is 0 Å². The first kappa shape index (κ1) is 15.9. The third-order valence-electron chi connectivity index (χ3n) is 3.06. The van der Waals surface area contributed by atoms with Gasteiger partial charge in [-0.2, -0.15) is 0 Å². The molecule has 7 heteroatoms. The molecule has 0 spiro atoms. The van der Waals surface area contributed by atoms with Gasteiger partial charge in [-0.3, -0.25) is 11.3 Å². The molecule has 0 aliphatic carbocycles. The molecule has 0 bridgehead atoms. The van der Waals surface area contributed by atoms with Crippen LogP contribution in [0.2, 0.25) is 0 Å².